The van der Waals surface area contributed by atoms with E-state index >= 15 is 0 Å². The SMILES string of the molecule is COc1ccc(S(=O)(=O)N(C)c2ccc3sc(C(=O)Nc4ccc(Cl)cc4)cc3c2)cc1. The predicted molar refractivity (Wildman–Crippen MR) is 130 cm³/mol. The quantitative estimate of drug-likeness (QED) is 0.382. The number of rotatable bonds is 6. The fourth-order valence-electron chi connectivity index (χ4n) is 3.11. The Hall–Kier alpha value is -3.07. The van der Waals surface area contributed by atoms with Gasteiger partial charge in [0.05, 0.1) is 22.6 Å². The summed E-state index contributed by atoms with van der Waals surface area (Å²) < 4.78 is 33.2. The second-order valence-corrected chi connectivity index (χ2v) is 10.4. The summed E-state index contributed by atoms with van der Waals surface area (Å²) in [4.78, 5) is 13.3. The summed E-state index contributed by atoms with van der Waals surface area (Å²) in [5, 5.41) is 4.21. The molecule has 1 N–H and O–H groups in total. The number of amides is 1. The summed E-state index contributed by atoms with van der Waals surface area (Å²) in [6, 6.07) is 20.1. The van der Waals surface area contributed by atoms with Gasteiger partial charge in [0.1, 0.15) is 5.75 Å². The molecule has 0 unspecified atom stereocenters. The lowest BCUT2D eigenvalue weighted by atomic mass is 10.2. The molecule has 0 saturated carbocycles. The first-order chi connectivity index (χ1) is 15.3. The average molecular weight is 487 g/mol. The molecule has 0 bridgehead atoms. The number of methoxy groups -OCH3 is 1. The van der Waals surface area contributed by atoms with Gasteiger partial charge in [0.2, 0.25) is 0 Å². The third kappa shape index (κ3) is 4.43. The number of anilines is 2. The third-order valence-corrected chi connectivity index (χ3v) is 8.07. The Morgan fingerprint density at radius 3 is 2.34 bits per heavy atom. The van der Waals surface area contributed by atoms with Crippen LogP contribution in [0.3, 0.4) is 0 Å². The number of fused-ring (bicyclic) bond motifs is 1. The zero-order valence-corrected chi connectivity index (χ0v) is 19.6. The fourth-order valence-corrected chi connectivity index (χ4v) is 5.36. The first kappa shape index (κ1) is 22.1. The molecule has 0 atom stereocenters. The van der Waals surface area contributed by atoms with Gasteiger partial charge in [0, 0.05) is 22.5 Å². The van der Waals surface area contributed by atoms with Crippen LogP contribution in [0.1, 0.15) is 9.67 Å². The first-order valence-corrected chi connectivity index (χ1v) is 12.1. The number of nitrogens with one attached hydrogen (secondary N) is 1. The summed E-state index contributed by atoms with van der Waals surface area (Å²) >= 11 is 7.22. The van der Waals surface area contributed by atoms with Crippen LogP contribution in [0.4, 0.5) is 11.4 Å². The van der Waals surface area contributed by atoms with Gasteiger partial charge in [-0.05, 0) is 78.2 Å². The van der Waals surface area contributed by atoms with Crippen molar-refractivity contribution >= 4 is 60.3 Å². The minimum atomic E-state index is -3.75. The average Bonchev–Trinajstić information content (AvgIpc) is 3.23. The molecule has 4 aromatic rings. The molecule has 0 aliphatic rings. The Kier molecular flexibility index (Phi) is 6.10. The number of thiophene rings is 1. The highest BCUT2D eigenvalue weighted by atomic mass is 35.5. The Labute approximate surface area is 195 Å². The summed E-state index contributed by atoms with van der Waals surface area (Å²) in [7, 11) is -0.724. The van der Waals surface area contributed by atoms with E-state index in [0.717, 1.165) is 10.1 Å². The van der Waals surface area contributed by atoms with Crippen LogP contribution < -0.4 is 14.4 Å². The van der Waals surface area contributed by atoms with Gasteiger partial charge < -0.3 is 10.1 Å². The molecular weight excluding hydrogens is 468 g/mol. The molecule has 1 amide bonds. The molecule has 164 valence electrons. The number of benzene rings is 3. The molecule has 3 aromatic carbocycles. The Balaban J connectivity index is 1.59. The summed E-state index contributed by atoms with van der Waals surface area (Å²) in [6.07, 6.45) is 0. The molecule has 1 heterocycles. The van der Waals surface area contributed by atoms with Crippen molar-refractivity contribution in [1.82, 2.24) is 0 Å². The predicted octanol–water partition coefficient (Wildman–Crippen LogP) is 5.64. The largest absolute Gasteiger partial charge is 0.497 e. The van der Waals surface area contributed by atoms with Crippen molar-refractivity contribution in [3.63, 3.8) is 0 Å². The first-order valence-electron chi connectivity index (χ1n) is 9.51. The summed E-state index contributed by atoms with van der Waals surface area (Å²) in [5.74, 6) is 0.338. The molecule has 6 nitrogen and oxygen atoms in total. The van der Waals surface area contributed by atoms with Gasteiger partial charge in [0.15, 0.2) is 0 Å². The topological polar surface area (TPSA) is 75.7 Å². The van der Waals surface area contributed by atoms with Gasteiger partial charge in [-0.3, -0.25) is 9.10 Å². The van der Waals surface area contributed by atoms with Gasteiger partial charge in [-0.25, -0.2) is 8.42 Å². The van der Waals surface area contributed by atoms with Crippen molar-refractivity contribution in [1.29, 1.82) is 0 Å². The van der Waals surface area contributed by atoms with Gasteiger partial charge in [-0.15, -0.1) is 11.3 Å². The van der Waals surface area contributed by atoms with Crippen LogP contribution in [-0.2, 0) is 10.0 Å². The lowest BCUT2D eigenvalue weighted by molar-refractivity contribution is 0.103. The lowest BCUT2D eigenvalue weighted by Crippen LogP contribution is -2.26. The molecule has 32 heavy (non-hydrogen) atoms. The fraction of sp³-hybridized carbons (Fsp3) is 0.0870. The van der Waals surface area contributed by atoms with E-state index in [-0.39, 0.29) is 10.8 Å². The van der Waals surface area contributed by atoms with Crippen molar-refractivity contribution in [3.05, 3.63) is 82.7 Å². The molecule has 0 saturated heterocycles. The molecule has 0 spiro atoms. The van der Waals surface area contributed by atoms with E-state index in [9.17, 15) is 13.2 Å². The summed E-state index contributed by atoms with van der Waals surface area (Å²) in [5.41, 5.74) is 1.14. The molecule has 0 aliphatic heterocycles. The van der Waals surface area contributed by atoms with E-state index in [1.807, 2.05) is 6.07 Å². The van der Waals surface area contributed by atoms with Crippen molar-refractivity contribution < 1.29 is 17.9 Å². The van der Waals surface area contributed by atoms with Crippen LogP contribution in [0.5, 0.6) is 5.75 Å². The highest BCUT2D eigenvalue weighted by Crippen LogP contribution is 2.32. The van der Waals surface area contributed by atoms with Gasteiger partial charge >= 0.3 is 0 Å². The molecule has 1 aromatic heterocycles. The highest BCUT2D eigenvalue weighted by Gasteiger charge is 2.22. The van der Waals surface area contributed by atoms with E-state index in [4.69, 9.17) is 16.3 Å². The molecule has 4 rings (SSSR count). The zero-order chi connectivity index (χ0) is 22.9. The second-order valence-electron chi connectivity index (χ2n) is 6.94. The minimum absolute atomic E-state index is 0.161. The molecule has 9 heteroatoms. The number of sulfonamides is 1. The van der Waals surface area contributed by atoms with Crippen LogP contribution >= 0.6 is 22.9 Å². The maximum absolute atomic E-state index is 13.0. The van der Waals surface area contributed by atoms with Crippen LogP contribution in [0.15, 0.2) is 77.7 Å². The number of hydrogen-bond donors (Lipinski definition) is 1. The Morgan fingerprint density at radius 2 is 1.69 bits per heavy atom. The minimum Gasteiger partial charge on any atom is -0.497 e. The van der Waals surface area contributed by atoms with Crippen LogP contribution in [0.25, 0.3) is 10.1 Å². The lowest BCUT2D eigenvalue weighted by Gasteiger charge is -2.19. The smallest absolute Gasteiger partial charge is 0.265 e. The number of ether oxygens (including phenoxy) is 1. The Bertz CT molecular complexity index is 1380. The molecule has 0 fully saturated rings. The number of carbonyl (C=O) groups excluding carboxylic acids is 1. The zero-order valence-electron chi connectivity index (χ0n) is 17.2. The van der Waals surface area contributed by atoms with Gasteiger partial charge in [0.25, 0.3) is 15.9 Å². The molecular formula is C23H19ClN2O4S2. The van der Waals surface area contributed by atoms with E-state index in [0.29, 0.717) is 27.0 Å². The monoisotopic (exact) mass is 486 g/mol. The third-order valence-electron chi connectivity index (χ3n) is 4.91. The van der Waals surface area contributed by atoms with E-state index < -0.39 is 10.0 Å². The van der Waals surface area contributed by atoms with E-state index in [1.54, 1.807) is 54.6 Å². The number of halogens is 1. The van der Waals surface area contributed by atoms with Crippen LogP contribution in [0, 0.1) is 0 Å². The van der Waals surface area contributed by atoms with Crippen molar-refractivity contribution in [2.75, 3.05) is 23.8 Å². The Morgan fingerprint density at radius 1 is 1.00 bits per heavy atom. The van der Waals surface area contributed by atoms with Crippen molar-refractivity contribution in [3.8, 4) is 5.75 Å². The molecule has 0 radical (unpaired) electrons. The van der Waals surface area contributed by atoms with Crippen LogP contribution in [-0.4, -0.2) is 28.5 Å². The highest BCUT2D eigenvalue weighted by molar-refractivity contribution is 7.92. The summed E-state index contributed by atoms with van der Waals surface area (Å²) in [6.45, 7) is 0. The molecule has 0 aliphatic carbocycles. The van der Waals surface area contributed by atoms with Crippen LogP contribution in [0.2, 0.25) is 5.02 Å². The van der Waals surface area contributed by atoms with Gasteiger partial charge in [-0.2, -0.15) is 0 Å². The van der Waals surface area contributed by atoms with Crippen molar-refractivity contribution in [2.45, 2.75) is 4.90 Å². The maximum atomic E-state index is 13.0. The van der Waals surface area contributed by atoms with Crippen molar-refractivity contribution in [2.24, 2.45) is 0 Å². The number of nitrogens with zero attached hydrogens (tertiary/aromatic N) is 1. The maximum Gasteiger partial charge on any atom is 0.265 e. The normalized spacial score (nSPS) is 11.3. The number of hydrogen-bond acceptors (Lipinski definition) is 5. The van der Waals surface area contributed by atoms with E-state index in [1.165, 1.54) is 41.9 Å². The standard InChI is InChI=1S/C23H19ClN2O4S2/c1-26(32(28,29)20-10-8-19(30-2)9-11-20)18-7-12-21-15(13-18)14-22(31-21)23(27)25-17-5-3-16(24)4-6-17/h3-14H,1-2H3,(H,25,27). The second kappa shape index (κ2) is 8.82. The van der Waals surface area contributed by atoms with E-state index in [2.05, 4.69) is 5.32 Å². The van der Waals surface area contributed by atoms with Gasteiger partial charge in [-0.1, -0.05) is 11.6 Å². The number of carbonyl (C=O) groups is 1.